The second-order valence-electron chi connectivity index (χ2n) is 13.1. The lowest BCUT2D eigenvalue weighted by Crippen LogP contribution is -2.49. The average molecular weight is 581 g/mol. The lowest BCUT2D eigenvalue weighted by Gasteiger charge is -2.33. The Bertz CT molecular complexity index is 960. The highest BCUT2D eigenvalue weighted by atomic mass is 19.1. The molecule has 1 aliphatic rings. The van der Waals surface area contributed by atoms with E-state index >= 15 is 0 Å². The van der Waals surface area contributed by atoms with Crippen LogP contribution in [0.15, 0.2) is 18.2 Å². The van der Waals surface area contributed by atoms with Crippen molar-refractivity contribution in [3.05, 3.63) is 29.6 Å². The molecule has 1 aromatic rings. The number of carbonyl (C=O) groups is 2. The van der Waals surface area contributed by atoms with Crippen LogP contribution in [-0.2, 0) is 20.7 Å². The minimum absolute atomic E-state index is 0.0213. The van der Waals surface area contributed by atoms with Crippen LogP contribution in [0.3, 0.4) is 0 Å². The van der Waals surface area contributed by atoms with Gasteiger partial charge in [-0.2, -0.15) is 0 Å². The number of rotatable bonds is 17. The third kappa shape index (κ3) is 13.0. The van der Waals surface area contributed by atoms with E-state index in [-0.39, 0.29) is 47.8 Å². The zero-order chi connectivity index (χ0) is 30.7. The Morgan fingerprint density at radius 2 is 1.76 bits per heavy atom. The van der Waals surface area contributed by atoms with Crippen LogP contribution in [-0.4, -0.2) is 61.2 Å². The summed E-state index contributed by atoms with van der Waals surface area (Å²) >= 11 is 0. The molecule has 0 spiro atoms. The van der Waals surface area contributed by atoms with E-state index in [0.717, 1.165) is 18.4 Å². The Balaban J connectivity index is 2.22. The maximum absolute atomic E-state index is 14.4. The van der Waals surface area contributed by atoms with Crippen LogP contribution in [0.1, 0.15) is 86.1 Å². The Hall–Kier alpha value is -2.39. The number of aliphatic hydroxyl groups excluding tert-OH is 1. The fourth-order valence-electron chi connectivity index (χ4n) is 4.80. The molecule has 0 bridgehead atoms. The van der Waals surface area contributed by atoms with Gasteiger partial charge in [0.2, 0.25) is 5.91 Å². The first-order valence-corrected chi connectivity index (χ1v) is 15.1. The van der Waals surface area contributed by atoms with Gasteiger partial charge in [-0.3, -0.25) is 4.79 Å². The van der Waals surface area contributed by atoms with Gasteiger partial charge in [0.05, 0.1) is 18.8 Å². The van der Waals surface area contributed by atoms with Crippen LogP contribution in [0.25, 0.3) is 0 Å². The monoisotopic (exact) mass is 580 g/mol. The molecule has 41 heavy (non-hydrogen) atoms. The fourth-order valence-corrected chi connectivity index (χ4v) is 4.80. The van der Waals surface area contributed by atoms with Crippen molar-refractivity contribution in [2.45, 2.75) is 111 Å². The molecule has 1 fully saturated rings. The predicted octanol–water partition coefficient (Wildman–Crippen LogP) is 5.64. The highest BCUT2D eigenvalue weighted by Crippen LogP contribution is 2.29. The summed E-state index contributed by atoms with van der Waals surface area (Å²) in [6.45, 7) is 14.4. The third-order valence-corrected chi connectivity index (χ3v) is 7.47. The normalized spacial score (nSPS) is 16.7. The van der Waals surface area contributed by atoms with Gasteiger partial charge in [0.25, 0.3) is 0 Å². The summed E-state index contributed by atoms with van der Waals surface area (Å²) in [5, 5.41) is 17.4. The summed E-state index contributed by atoms with van der Waals surface area (Å²) in [7, 11) is 1.61. The zero-order valence-corrected chi connectivity index (χ0v) is 26.3. The molecule has 9 heteroatoms. The SMILES string of the molecule is COCCCOc1cc(C[C@@H](C[C@H](NC(=O)OC(C)(C)C)[C@@H](O)C[C@H](C(=O)NC2CC2)C(C)C)C(C)C)ccc1F. The van der Waals surface area contributed by atoms with Gasteiger partial charge in [0.15, 0.2) is 11.6 Å². The quantitative estimate of drug-likeness (QED) is 0.206. The van der Waals surface area contributed by atoms with Crippen molar-refractivity contribution in [2.75, 3.05) is 20.3 Å². The second kappa shape index (κ2) is 16.3. The van der Waals surface area contributed by atoms with E-state index in [1.807, 2.05) is 13.8 Å². The Kier molecular flexibility index (Phi) is 13.8. The Morgan fingerprint density at radius 3 is 2.32 bits per heavy atom. The van der Waals surface area contributed by atoms with Gasteiger partial charge < -0.3 is 30.0 Å². The third-order valence-electron chi connectivity index (χ3n) is 7.47. The maximum Gasteiger partial charge on any atom is 0.407 e. The number of nitrogens with one attached hydrogen (secondary N) is 2. The van der Waals surface area contributed by atoms with E-state index in [4.69, 9.17) is 14.2 Å². The van der Waals surface area contributed by atoms with Gasteiger partial charge in [-0.05, 0) is 88.3 Å². The maximum atomic E-state index is 14.4. The van der Waals surface area contributed by atoms with Crippen molar-refractivity contribution in [1.29, 1.82) is 0 Å². The number of ether oxygens (including phenoxy) is 3. The van der Waals surface area contributed by atoms with Gasteiger partial charge in [-0.1, -0.05) is 33.8 Å². The molecule has 0 heterocycles. The van der Waals surface area contributed by atoms with E-state index in [1.54, 1.807) is 40.0 Å². The van der Waals surface area contributed by atoms with Crippen LogP contribution in [0, 0.1) is 29.5 Å². The van der Waals surface area contributed by atoms with Crippen LogP contribution < -0.4 is 15.4 Å². The average Bonchev–Trinajstić information content (AvgIpc) is 3.68. The molecule has 8 nitrogen and oxygen atoms in total. The highest BCUT2D eigenvalue weighted by molar-refractivity contribution is 5.79. The van der Waals surface area contributed by atoms with E-state index in [0.29, 0.717) is 32.5 Å². The number of benzene rings is 1. The van der Waals surface area contributed by atoms with Crippen molar-refractivity contribution in [1.82, 2.24) is 10.6 Å². The summed E-state index contributed by atoms with van der Waals surface area (Å²) in [6.07, 6.45) is 2.33. The lowest BCUT2D eigenvalue weighted by atomic mass is 9.80. The minimum Gasteiger partial charge on any atom is -0.490 e. The number of methoxy groups -OCH3 is 1. The van der Waals surface area contributed by atoms with Crippen molar-refractivity contribution < 1.29 is 33.3 Å². The molecule has 2 rings (SSSR count). The summed E-state index contributed by atoms with van der Waals surface area (Å²) < 4.78 is 30.6. The summed E-state index contributed by atoms with van der Waals surface area (Å²) in [5.74, 6) is -0.409. The molecular formula is C32H53FN2O6. The molecule has 234 valence electrons. The van der Waals surface area contributed by atoms with Gasteiger partial charge in [-0.15, -0.1) is 0 Å². The van der Waals surface area contributed by atoms with Crippen molar-refractivity contribution in [2.24, 2.45) is 23.7 Å². The van der Waals surface area contributed by atoms with Gasteiger partial charge in [0, 0.05) is 32.1 Å². The molecule has 0 radical (unpaired) electrons. The highest BCUT2D eigenvalue weighted by Gasteiger charge is 2.35. The summed E-state index contributed by atoms with van der Waals surface area (Å²) in [6, 6.07) is 4.47. The molecule has 0 aliphatic heterocycles. The Labute approximate surface area is 246 Å². The fraction of sp³-hybridized carbons (Fsp3) is 0.750. The summed E-state index contributed by atoms with van der Waals surface area (Å²) in [4.78, 5) is 25.8. The van der Waals surface area contributed by atoms with Crippen LogP contribution >= 0.6 is 0 Å². The number of amides is 2. The molecule has 0 unspecified atom stereocenters. The van der Waals surface area contributed by atoms with Crippen LogP contribution in [0.4, 0.5) is 9.18 Å². The number of halogens is 1. The molecule has 1 saturated carbocycles. The Morgan fingerprint density at radius 1 is 1.07 bits per heavy atom. The number of hydrogen-bond donors (Lipinski definition) is 3. The first kappa shape index (κ1) is 34.8. The molecular weight excluding hydrogens is 527 g/mol. The van der Waals surface area contributed by atoms with Gasteiger partial charge in [0.1, 0.15) is 5.60 Å². The topological polar surface area (TPSA) is 106 Å². The summed E-state index contributed by atoms with van der Waals surface area (Å²) in [5.41, 5.74) is 0.205. The molecule has 1 aromatic carbocycles. The van der Waals surface area contributed by atoms with E-state index in [9.17, 15) is 19.1 Å². The molecule has 0 saturated heterocycles. The van der Waals surface area contributed by atoms with Crippen LogP contribution in [0.2, 0.25) is 0 Å². The number of hydrogen-bond acceptors (Lipinski definition) is 6. The molecule has 3 N–H and O–H groups in total. The van der Waals surface area contributed by atoms with Crippen molar-refractivity contribution >= 4 is 12.0 Å². The van der Waals surface area contributed by atoms with Crippen molar-refractivity contribution in [3.8, 4) is 5.75 Å². The number of carbonyl (C=O) groups excluding carboxylic acids is 2. The largest absolute Gasteiger partial charge is 0.490 e. The first-order valence-electron chi connectivity index (χ1n) is 15.1. The smallest absolute Gasteiger partial charge is 0.407 e. The van der Waals surface area contributed by atoms with Crippen molar-refractivity contribution in [3.63, 3.8) is 0 Å². The van der Waals surface area contributed by atoms with Crippen LogP contribution in [0.5, 0.6) is 5.75 Å². The van der Waals surface area contributed by atoms with E-state index < -0.39 is 29.7 Å². The number of alkyl carbamates (subject to hydrolysis) is 1. The zero-order valence-electron chi connectivity index (χ0n) is 26.3. The van der Waals surface area contributed by atoms with E-state index in [1.165, 1.54) is 6.07 Å². The second-order valence-corrected chi connectivity index (χ2v) is 13.1. The lowest BCUT2D eigenvalue weighted by molar-refractivity contribution is -0.127. The molecule has 0 aromatic heterocycles. The molecule has 2 amide bonds. The molecule has 1 aliphatic carbocycles. The minimum atomic E-state index is -0.964. The predicted molar refractivity (Wildman–Crippen MR) is 158 cm³/mol. The van der Waals surface area contributed by atoms with E-state index in [2.05, 4.69) is 24.5 Å². The van der Waals surface area contributed by atoms with Gasteiger partial charge >= 0.3 is 6.09 Å². The molecule has 4 atom stereocenters. The first-order chi connectivity index (χ1) is 19.2. The standard InChI is InChI=1S/C32H53FN2O6/c1-20(2)23(16-22-10-13-26(33)29(17-22)40-15-9-14-39-8)18-27(35-31(38)41-32(5,6)7)28(36)19-25(21(3)4)30(37)34-24-11-12-24/h10,13,17,20-21,23-25,27-28,36H,9,11-12,14-16,18-19H2,1-8H3,(H,34,37)(H,35,38)/t23-,25-,27-,28-/m0/s1. The van der Waals surface area contributed by atoms with Gasteiger partial charge in [-0.25, -0.2) is 9.18 Å². The number of aliphatic hydroxyl groups is 1.